The topological polar surface area (TPSA) is 398 Å². The van der Waals surface area contributed by atoms with Gasteiger partial charge < -0.3 is 55.7 Å². The van der Waals surface area contributed by atoms with Crippen LogP contribution in [-0.4, -0.2) is 140 Å². The molecule has 3 aromatic heterocycles. The Balaban J connectivity index is 0.970. The highest BCUT2D eigenvalue weighted by molar-refractivity contribution is 8.13. The van der Waals surface area contributed by atoms with Gasteiger partial charge >= 0.3 is 29.6 Å². The van der Waals surface area contributed by atoms with E-state index < -0.39 is 96.3 Å². The Morgan fingerprint density at radius 1 is 0.973 bits per heavy atom. The standard InChI is InChI=1S/C39H51F3N9O18P3S/c1-38(2,20-66-72(62,63)69-71(60,61)65-19-26-32(68-70(57,58)59)31(54)37(67-26)51-22-49-30-34(43)47-21-48-35(30)51)33(55)36(56)46-13-11-27(52)45-14-16-73-28(53)10-3-4-15-64-50-29(24-8-6-12-44-18-24)23-7-5-9-25(17-23)39(40,41)42/h5-9,12,17-18,21-22,26,31-33,37,54-55H,3-4,10-11,13-16,19-20H2,1-2H3,(H,45,52)(H,46,56)(H,60,61)(H,62,63)(H2,43,47,48)(H2,57,58,59)/b50-29+. The van der Waals surface area contributed by atoms with E-state index in [9.17, 15) is 71.0 Å². The molecule has 1 aromatic carbocycles. The molecule has 0 aliphatic carbocycles. The van der Waals surface area contributed by atoms with Crippen molar-refractivity contribution in [1.82, 2.24) is 35.1 Å². The molecule has 27 nitrogen and oxygen atoms in total. The predicted octanol–water partition coefficient (Wildman–Crippen LogP) is 2.72. The van der Waals surface area contributed by atoms with E-state index in [-0.39, 0.29) is 71.7 Å². The van der Waals surface area contributed by atoms with Gasteiger partial charge in [0.15, 0.2) is 22.8 Å². The number of nitrogen functional groups attached to an aromatic ring is 1. The van der Waals surface area contributed by atoms with E-state index in [0.717, 1.165) is 41.1 Å². The summed E-state index contributed by atoms with van der Waals surface area (Å²) in [6.45, 7) is 0.247. The molecule has 0 spiro atoms. The molecule has 10 N–H and O–H groups in total. The number of oxime groups is 1. The molecule has 5 rings (SSSR count). The van der Waals surface area contributed by atoms with Gasteiger partial charge in [-0.3, -0.25) is 37.5 Å². The minimum absolute atomic E-state index is 0.0110. The average Bonchev–Trinajstić information content (AvgIpc) is 3.88. The number of ether oxygens (including phenoxy) is 1. The first kappa shape index (κ1) is 59.1. The van der Waals surface area contributed by atoms with Crippen LogP contribution in [0.25, 0.3) is 11.2 Å². The summed E-state index contributed by atoms with van der Waals surface area (Å²) in [4.78, 5) is 98.0. The van der Waals surface area contributed by atoms with Crippen LogP contribution < -0.4 is 16.4 Å². The summed E-state index contributed by atoms with van der Waals surface area (Å²) in [7, 11) is -16.5. The van der Waals surface area contributed by atoms with Crippen molar-refractivity contribution in [1.29, 1.82) is 0 Å². The maximum Gasteiger partial charge on any atom is 0.481 e. The van der Waals surface area contributed by atoms with Crippen LogP contribution in [0.3, 0.4) is 0 Å². The number of rotatable bonds is 27. The number of hydrogen-bond donors (Lipinski definition) is 9. The molecule has 1 fully saturated rings. The second-order valence-electron chi connectivity index (χ2n) is 16.3. The van der Waals surface area contributed by atoms with Crippen molar-refractivity contribution in [3.05, 3.63) is 78.1 Å². The maximum atomic E-state index is 13.3. The van der Waals surface area contributed by atoms with Gasteiger partial charge in [0.25, 0.3) is 0 Å². The van der Waals surface area contributed by atoms with Crippen LogP contribution in [-0.2, 0) is 61.7 Å². The number of hydrogen-bond acceptors (Lipinski definition) is 21. The van der Waals surface area contributed by atoms with Crippen molar-refractivity contribution >= 4 is 74.9 Å². The number of anilines is 1. The molecule has 2 amide bonds. The number of pyridine rings is 1. The highest BCUT2D eigenvalue weighted by Gasteiger charge is 2.50. The third-order valence-corrected chi connectivity index (χ3v) is 14.2. The van der Waals surface area contributed by atoms with Gasteiger partial charge in [-0.25, -0.2) is 28.6 Å². The van der Waals surface area contributed by atoms with Crippen LogP contribution >= 0.6 is 35.2 Å². The lowest BCUT2D eigenvalue weighted by Crippen LogP contribution is -2.46. The fraction of sp³-hybridized carbons (Fsp3) is 0.487. The normalized spacial score (nSPS) is 19.7. The number of aliphatic hydroxyl groups is 2. The van der Waals surface area contributed by atoms with E-state index in [1.54, 1.807) is 12.1 Å². The minimum atomic E-state index is -5.62. The number of unbranched alkanes of at least 4 members (excludes halogenated alkanes) is 1. The summed E-state index contributed by atoms with van der Waals surface area (Å²) < 4.78 is 102. The maximum absolute atomic E-state index is 13.3. The Labute approximate surface area is 416 Å². The lowest BCUT2D eigenvalue weighted by Gasteiger charge is -2.30. The minimum Gasteiger partial charge on any atom is -0.395 e. The van der Waals surface area contributed by atoms with E-state index in [1.165, 1.54) is 38.4 Å². The number of phosphoric acid groups is 3. The van der Waals surface area contributed by atoms with E-state index in [2.05, 4.69) is 44.6 Å². The van der Waals surface area contributed by atoms with E-state index >= 15 is 0 Å². The third kappa shape index (κ3) is 17.9. The first-order chi connectivity index (χ1) is 34.2. The van der Waals surface area contributed by atoms with Gasteiger partial charge in [-0.15, -0.1) is 0 Å². The molecule has 1 aliphatic heterocycles. The summed E-state index contributed by atoms with van der Waals surface area (Å²) in [5.74, 6) is -1.38. The van der Waals surface area contributed by atoms with Crippen LogP contribution in [0.5, 0.6) is 0 Å². The number of nitrogens with one attached hydrogen (secondary N) is 2. The predicted molar refractivity (Wildman–Crippen MR) is 248 cm³/mol. The first-order valence-corrected chi connectivity index (χ1v) is 27.0. The third-order valence-electron chi connectivity index (χ3n) is 10.2. The van der Waals surface area contributed by atoms with Gasteiger partial charge in [-0.05, 0) is 37.1 Å². The van der Waals surface area contributed by atoms with Gasteiger partial charge in [0.1, 0.15) is 48.6 Å². The quantitative estimate of drug-likeness (QED) is 0.0179. The van der Waals surface area contributed by atoms with Gasteiger partial charge in [0.05, 0.1) is 25.1 Å². The number of alkyl halides is 3. The fourth-order valence-corrected chi connectivity index (χ4v) is 10.1. The number of carbonyl (C=O) groups excluding carboxylic acids is 3. The second kappa shape index (κ2) is 25.6. The molecule has 4 heterocycles. The molecule has 0 radical (unpaired) electrons. The van der Waals surface area contributed by atoms with Crippen molar-refractivity contribution < 1.29 is 98.5 Å². The number of nitrogens with zero attached hydrogens (tertiary/aromatic N) is 6. The van der Waals surface area contributed by atoms with Crippen LogP contribution in [0.2, 0.25) is 0 Å². The lowest BCUT2D eigenvalue weighted by molar-refractivity contribution is -0.138. The number of halogens is 3. The molecule has 34 heteroatoms. The van der Waals surface area contributed by atoms with Gasteiger partial charge in [0, 0.05) is 60.6 Å². The molecule has 1 aliphatic rings. The molecular formula is C39H51F3N9O18P3S. The van der Waals surface area contributed by atoms with E-state index in [4.69, 9.17) is 24.4 Å². The summed E-state index contributed by atoms with van der Waals surface area (Å²) in [6.07, 6.45) is -7.84. The Kier molecular flexibility index (Phi) is 20.7. The zero-order chi connectivity index (χ0) is 53.8. The summed E-state index contributed by atoms with van der Waals surface area (Å²) in [6, 6.07) is 7.86. The number of fused-ring (bicyclic) bond motifs is 1. The summed E-state index contributed by atoms with van der Waals surface area (Å²) >= 11 is 0.970. The fourth-order valence-electron chi connectivity index (χ4n) is 6.53. The highest BCUT2D eigenvalue weighted by atomic mass is 32.2. The van der Waals surface area contributed by atoms with E-state index in [0.29, 0.717) is 18.4 Å². The van der Waals surface area contributed by atoms with Crippen molar-refractivity contribution in [2.75, 3.05) is 44.4 Å². The van der Waals surface area contributed by atoms with Crippen molar-refractivity contribution in [3.63, 3.8) is 0 Å². The van der Waals surface area contributed by atoms with Gasteiger partial charge in [-0.1, -0.05) is 42.9 Å². The Morgan fingerprint density at radius 3 is 2.40 bits per heavy atom. The van der Waals surface area contributed by atoms with Crippen molar-refractivity contribution in [2.24, 2.45) is 10.6 Å². The second-order valence-corrected chi connectivity index (χ2v) is 21.7. The number of imidazole rings is 1. The Bertz CT molecular complexity index is 2720. The monoisotopic (exact) mass is 1120 g/mol. The van der Waals surface area contributed by atoms with Crippen molar-refractivity contribution in [2.45, 2.75) is 76.4 Å². The van der Waals surface area contributed by atoms with Crippen LogP contribution in [0.1, 0.15) is 62.4 Å². The number of phosphoric ester groups is 3. The smallest absolute Gasteiger partial charge is 0.395 e. The number of thioether (sulfide) groups is 1. The molecule has 0 bridgehead atoms. The molecule has 73 heavy (non-hydrogen) atoms. The van der Waals surface area contributed by atoms with E-state index in [1.807, 2.05) is 0 Å². The zero-order valence-electron chi connectivity index (χ0n) is 38.5. The lowest BCUT2D eigenvalue weighted by atomic mass is 9.87. The molecule has 402 valence electrons. The number of amides is 2. The Hall–Kier alpha value is -4.81. The highest BCUT2D eigenvalue weighted by Crippen LogP contribution is 2.61. The Morgan fingerprint density at radius 2 is 1.70 bits per heavy atom. The number of aromatic nitrogens is 5. The molecule has 0 saturated carbocycles. The van der Waals surface area contributed by atoms with Gasteiger partial charge in [0.2, 0.25) is 11.8 Å². The molecule has 7 unspecified atom stereocenters. The zero-order valence-corrected chi connectivity index (χ0v) is 42.0. The largest absolute Gasteiger partial charge is 0.481 e. The molecule has 4 aromatic rings. The SMILES string of the molecule is CC(C)(COP(=O)(O)OP(=O)(O)OCC1OC(n2cnc3c(N)ncnc32)C(O)C1OP(=O)(O)O)C(O)C(=O)NCCC(=O)NCCSC(=O)CCCCO/N=C(/c1cccnc1)c1cccc(C(F)(F)F)c1. The van der Waals surface area contributed by atoms with Crippen LogP contribution in [0.4, 0.5) is 19.0 Å². The summed E-state index contributed by atoms with van der Waals surface area (Å²) in [5.41, 5.74) is 4.08. The number of nitrogens with two attached hydrogens (primary N) is 1. The summed E-state index contributed by atoms with van der Waals surface area (Å²) in [5, 5.41) is 30.4. The number of aliphatic hydroxyl groups excluding tert-OH is 2. The number of benzene rings is 1. The van der Waals surface area contributed by atoms with Crippen LogP contribution in [0.15, 0.2) is 66.6 Å². The molecule has 1 saturated heterocycles. The van der Waals surface area contributed by atoms with Crippen LogP contribution in [0, 0.1) is 5.41 Å². The molecular weight excluding hydrogens is 1060 g/mol. The van der Waals surface area contributed by atoms with Gasteiger partial charge in [-0.2, -0.15) is 17.5 Å². The number of carbonyl (C=O) groups is 3. The van der Waals surface area contributed by atoms with Crippen molar-refractivity contribution in [3.8, 4) is 0 Å². The average molecular weight is 1120 g/mol. The molecule has 7 atom stereocenters. The first-order valence-electron chi connectivity index (χ1n) is 21.5.